The highest BCUT2D eigenvalue weighted by molar-refractivity contribution is 5.98. The summed E-state index contributed by atoms with van der Waals surface area (Å²) in [5.74, 6) is 1.98. The van der Waals surface area contributed by atoms with Crippen molar-refractivity contribution in [2.24, 2.45) is 0 Å². The third-order valence-corrected chi connectivity index (χ3v) is 7.73. The Morgan fingerprint density at radius 3 is 2.59 bits per heavy atom. The molecule has 1 N–H and O–H groups in total. The van der Waals surface area contributed by atoms with Crippen molar-refractivity contribution in [1.82, 2.24) is 15.0 Å². The molecule has 11 heteroatoms. The zero-order chi connectivity index (χ0) is 26.3. The number of hydrogen-bond donors (Lipinski definition) is 1. The molecule has 0 radical (unpaired) electrons. The van der Waals surface area contributed by atoms with Gasteiger partial charge in [0.05, 0.1) is 31.1 Å². The van der Waals surface area contributed by atoms with Crippen molar-refractivity contribution < 1.29 is 19.1 Å². The highest BCUT2D eigenvalue weighted by Gasteiger charge is 2.38. The predicted molar refractivity (Wildman–Crippen MR) is 146 cm³/mol. The molecule has 0 saturated carbocycles. The van der Waals surface area contributed by atoms with Crippen molar-refractivity contribution in [2.75, 3.05) is 59.5 Å². The van der Waals surface area contributed by atoms with Crippen LogP contribution in [0.25, 0.3) is 11.1 Å². The average molecular weight is 528 g/mol. The van der Waals surface area contributed by atoms with Crippen LogP contribution in [-0.2, 0) is 14.3 Å². The largest absolute Gasteiger partial charge is 0.474 e. The van der Waals surface area contributed by atoms with E-state index in [2.05, 4.69) is 20.2 Å². The van der Waals surface area contributed by atoms with E-state index in [0.717, 1.165) is 55.1 Å². The molecule has 7 rings (SSSR count). The minimum atomic E-state index is 0.0560. The number of carbonyl (C=O) groups excluding carboxylic acids is 2. The second-order valence-electron chi connectivity index (χ2n) is 10.2. The van der Waals surface area contributed by atoms with Gasteiger partial charge in [0.15, 0.2) is 0 Å². The Morgan fingerprint density at radius 1 is 0.949 bits per heavy atom. The molecule has 200 valence electrons. The van der Waals surface area contributed by atoms with Gasteiger partial charge in [0.25, 0.3) is 0 Å². The summed E-state index contributed by atoms with van der Waals surface area (Å²) in [6.07, 6.45) is 6.31. The maximum absolute atomic E-state index is 12.5. The second-order valence-corrected chi connectivity index (χ2v) is 10.2. The number of nitrogens with one attached hydrogen (secondary N) is 1. The Hall–Kier alpha value is -4.25. The van der Waals surface area contributed by atoms with Crippen LogP contribution in [0.3, 0.4) is 0 Å². The molecule has 3 aromatic rings. The lowest BCUT2D eigenvalue weighted by Crippen LogP contribution is -2.40. The van der Waals surface area contributed by atoms with E-state index in [0.29, 0.717) is 55.9 Å². The van der Waals surface area contributed by atoms with Gasteiger partial charge < -0.3 is 29.5 Å². The maximum atomic E-state index is 12.5. The van der Waals surface area contributed by atoms with Crippen molar-refractivity contribution in [2.45, 2.75) is 31.7 Å². The molecule has 2 amide bonds. The Balaban J connectivity index is 1.19. The topological polar surface area (TPSA) is 113 Å². The number of nitrogens with zero attached hydrogens (tertiary/aromatic N) is 6. The number of hydrogen-bond acceptors (Lipinski definition) is 9. The van der Waals surface area contributed by atoms with E-state index in [1.807, 2.05) is 41.4 Å². The van der Waals surface area contributed by atoms with Crippen LogP contribution in [0.15, 0.2) is 42.7 Å². The van der Waals surface area contributed by atoms with Crippen LogP contribution < -0.4 is 24.8 Å². The Labute approximate surface area is 225 Å². The van der Waals surface area contributed by atoms with Gasteiger partial charge in [0, 0.05) is 49.9 Å². The van der Waals surface area contributed by atoms with Gasteiger partial charge in [-0.25, -0.2) is 9.97 Å². The van der Waals surface area contributed by atoms with Crippen molar-refractivity contribution in [3.63, 3.8) is 0 Å². The number of benzene rings is 1. The van der Waals surface area contributed by atoms with Crippen molar-refractivity contribution >= 4 is 40.6 Å². The van der Waals surface area contributed by atoms with E-state index in [1.165, 1.54) is 0 Å². The number of ether oxygens (including phenoxy) is 2. The molecule has 6 heterocycles. The summed E-state index contributed by atoms with van der Waals surface area (Å²) < 4.78 is 11.4. The average Bonchev–Trinajstić information content (AvgIpc) is 3.59. The molecule has 0 aliphatic carbocycles. The Bertz CT molecular complexity index is 1420. The number of carbonyl (C=O) groups is 2. The number of amides is 2. The number of morpholine rings is 1. The third kappa shape index (κ3) is 4.42. The van der Waals surface area contributed by atoms with Crippen LogP contribution in [0.4, 0.5) is 28.8 Å². The molecular formula is C28H29N7O4. The molecule has 0 bridgehead atoms. The molecule has 2 aromatic heterocycles. The molecule has 1 atom stereocenters. The molecule has 0 unspecified atom stereocenters. The number of aromatic nitrogens is 3. The van der Waals surface area contributed by atoms with Gasteiger partial charge in [-0.15, -0.1) is 0 Å². The summed E-state index contributed by atoms with van der Waals surface area (Å²) in [7, 11) is 0. The Kier molecular flexibility index (Phi) is 5.99. The van der Waals surface area contributed by atoms with Gasteiger partial charge in [0.2, 0.25) is 23.6 Å². The maximum Gasteiger partial charge on any atom is 0.238 e. The SMILES string of the molecule is O=C1CCCN1c1ccc(-c2cnc(Nc3cnc4c(c3)N3C(=O)CC[C@H]3CO4)nc2N2CCOCC2)cc1. The van der Waals surface area contributed by atoms with Crippen LogP contribution in [0.2, 0.25) is 0 Å². The van der Waals surface area contributed by atoms with E-state index in [4.69, 9.17) is 14.5 Å². The van der Waals surface area contributed by atoms with E-state index < -0.39 is 0 Å². The molecule has 4 aliphatic heterocycles. The van der Waals surface area contributed by atoms with Crippen LogP contribution >= 0.6 is 0 Å². The first kappa shape index (κ1) is 23.8. The lowest BCUT2D eigenvalue weighted by molar-refractivity contribution is -0.118. The first-order chi connectivity index (χ1) is 19.1. The molecule has 3 saturated heterocycles. The van der Waals surface area contributed by atoms with Gasteiger partial charge in [-0.2, -0.15) is 4.98 Å². The summed E-state index contributed by atoms with van der Waals surface area (Å²) in [5.41, 5.74) is 4.16. The van der Waals surface area contributed by atoms with Crippen molar-refractivity contribution in [1.29, 1.82) is 0 Å². The highest BCUT2D eigenvalue weighted by Crippen LogP contribution is 2.39. The third-order valence-electron chi connectivity index (χ3n) is 7.73. The van der Waals surface area contributed by atoms with Crippen molar-refractivity contribution in [3.8, 4) is 17.0 Å². The predicted octanol–water partition coefficient (Wildman–Crippen LogP) is 3.13. The summed E-state index contributed by atoms with van der Waals surface area (Å²) in [5, 5.41) is 3.28. The van der Waals surface area contributed by atoms with Crippen LogP contribution in [0, 0.1) is 0 Å². The zero-order valence-electron chi connectivity index (χ0n) is 21.5. The number of fused-ring (bicyclic) bond motifs is 3. The van der Waals surface area contributed by atoms with Crippen LogP contribution in [0.5, 0.6) is 5.88 Å². The number of anilines is 5. The standard InChI is InChI=1S/C28H29N7O4/c36-24-2-1-9-34(24)20-5-3-18(4-6-20)22-16-30-28(32-26(22)33-10-12-38-13-11-33)31-19-14-23-27(29-15-19)39-17-21-7-8-25(37)35(21)23/h3-6,14-16,21H,1-2,7-13,17H2,(H,30,31,32)/t21-/m0/s1. The highest BCUT2D eigenvalue weighted by atomic mass is 16.5. The molecule has 4 aliphatic rings. The first-order valence-electron chi connectivity index (χ1n) is 13.5. The summed E-state index contributed by atoms with van der Waals surface area (Å²) in [6, 6.07) is 9.95. The van der Waals surface area contributed by atoms with Gasteiger partial charge in [-0.1, -0.05) is 12.1 Å². The summed E-state index contributed by atoms with van der Waals surface area (Å²) in [6.45, 7) is 3.93. The zero-order valence-corrected chi connectivity index (χ0v) is 21.5. The van der Waals surface area contributed by atoms with Gasteiger partial charge in [0.1, 0.15) is 18.1 Å². The fourth-order valence-corrected chi connectivity index (χ4v) is 5.72. The van der Waals surface area contributed by atoms with Crippen LogP contribution in [0.1, 0.15) is 25.7 Å². The molecule has 39 heavy (non-hydrogen) atoms. The van der Waals surface area contributed by atoms with E-state index in [9.17, 15) is 9.59 Å². The van der Waals surface area contributed by atoms with Crippen molar-refractivity contribution in [3.05, 3.63) is 42.7 Å². The minimum Gasteiger partial charge on any atom is -0.474 e. The normalized spacial score (nSPS) is 20.6. The van der Waals surface area contributed by atoms with E-state index in [-0.39, 0.29) is 17.9 Å². The van der Waals surface area contributed by atoms with Crippen LogP contribution in [-0.4, -0.2) is 72.3 Å². The van der Waals surface area contributed by atoms with Gasteiger partial charge >= 0.3 is 0 Å². The molecule has 11 nitrogen and oxygen atoms in total. The Morgan fingerprint density at radius 2 is 1.79 bits per heavy atom. The lowest BCUT2D eigenvalue weighted by Gasteiger charge is -2.31. The first-order valence-corrected chi connectivity index (χ1v) is 13.5. The number of pyridine rings is 1. The lowest BCUT2D eigenvalue weighted by atomic mass is 10.1. The smallest absolute Gasteiger partial charge is 0.238 e. The fraction of sp³-hybridized carbons (Fsp3) is 0.393. The van der Waals surface area contributed by atoms with E-state index in [1.54, 1.807) is 11.1 Å². The minimum absolute atomic E-state index is 0.0560. The molecule has 1 aromatic carbocycles. The summed E-state index contributed by atoms with van der Waals surface area (Å²) in [4.78, 5) is 44.5. The van der Waals surface area contributed by atoms with E-state index >= 15 is 0 Å². The monoisotopic (exact) mass is 527 g/mol. The quantitative estimate of drug-likeness (QED) is 0.535. The number of rotatable bonds is 5. The molecular weight excluding hydrogens is 498 g/mol. The molecule has 0 spiro atoms. The second kappa shape index (κ2) is 9.81. The van der Waals surface area contributed by atoms with Gasteiger partial charge in [-0.05, 0) is 36.6 Å². The molecule has 3 fully saturated rings. The summed E-state index contributed by atoms with van der Waals surface area (Å²) >= 11 is 0. The van der Waals surface area contributed by atoms with Gasteiger partial charge in [-0.3, -0.25) is 9.59 Å². The fourth-order valence-electron chi connectivity index (χ4n) is 5.72.